The number of nitrogens with one attached hydrogen (secondary N) is 1. The van der Waals surface area contributed by atoms with Crippen LogP contribution in [0.4, 0.5) is 0 Å². The van der Waals surface area contributed by atoms with Crippen LogP contribution in [0, 0.1) is 6.92 Å². The largest absolute Gasteiger partial charge is 0.350 e. The number of nitrogens with zero attached hydrogens (tertiary/aromatic N) is 1. The van der Waals surface area contributed by atoms with E-state index in [1.165, 1.54) is 16.5 Å². The third kappa shape index (κ3) is 2.87. The van der Waals surface area contributed by atoms with Gasteiger partial charge in [-0.15, -0.1) is 0 Å². The lowest BCUT2D eigenvalue weighted by atomic mass is 9.96. The van der Waals surface area contributed by atoms with Gasteiger partial charge >= 0.3 is 0 Å². The van der Waals surface area contributed by atoms with Crippen LogP contribution < -0.4 is 4.72 Å². The molecule has 1 heterocycles. The van der Waals surface area contributed by atoms with Crippen molar-refractivity contribution in [1.29, 1.82) is 0 Å². The molecule has 0 spiro atoms. The molecule has 0 bridgehead atoms. The number of hydrogen-bond donors (Lipinski definition) is 1. The minimum atomic E-state index is -3.48. The molecule has 0 radical (unpaired) electrons. The van der Waals surface area contributed by atoms with E-state index in [0.717, 1.165) is 18.4 Å². The zero-order valence-electron chi connectivity index (χ0n) is 14.5. The highest BCUT2D eigenvalue weighted by molar-refractivity contribution is 7.89. The maximum absolute atomic E-state index is 12.6. The fourth-order valence-corrected chi connectivity index (χ4v) is 4.62. The van der Waals surface area contributed by atoms with Gasteiger partial charge in [-0.3, -0.25) is 0 Å². The average molecular weight is 354 g/mol. The quantitative estimate of drug-likeness (QED) is 0.762. The number of para-hydroxylation sites is 1. The summed E-state index contributed by atoms with van der Waals surface area (Å²) >= 11 is 0. The van der Waals surface area contributed by atoms with Crippen LogP contribution in [0.5, 0.6) is 0 Å². The number of fused-ring (bicyclic) bond motifs is 1. The third-order valence-electron chi connectivity index (χ3n) is 5.25. The van der Waals surface area contributed by atoms with Gasteiger partial charge in [0.15, 0.2) is 0 Å². The fraction of sp³-hybridized carbons (Fsp3) is 0.300. The molecule has 3 aromatic rings. The Morgan fingerprint density at radius 2 is 1.76 bits per heavy atom. The van der Waals surface area contributed by atoms with Crippen molar-refractivity contribution in [3.8, 4) is 0 Å². The Balaban J connectivity index is 1.61. The summed E-state index contributed by atoms with van der Waals surface area (Å²) in [6.45, 7) is 2.39. The maximum Gasteiger partial charge on any atom is 0.240 e. The molecule has 1 saturated carbocycles. The molecular formula is C20H22N2O2S. The van der Waals surface area contributed by atoms with Gasteiger partial charge in [0, 0.05) is 36.1 Å². The van der Waals surface area contributed by atoms with Crippen molar-refractivity contribution in [3.05, 3.63) is 65.9 Å². The van der Waals surface area contributed by atoms with Gasteiger partial charge in [-0.25, -0.2) is 13.1 Å². The van der Waals surface area contributed by atoms with Crippen LogP contribution in [0.15, 0.2) is 59.6 Å². The van der Waals surface area contributed by atoms with Gasteiger partial charge in [0.1, 0.15) is 0 Å². The van der Waals surface area contributed by atoms with Gasteiger partial charge in [0.05, 0.1) is 4.90 Å². The molecule has 0 amide bonds. The first-order valence-electron chi connectivity index (χ1n) is 8.52. The molecule has 0 atom stereocenters. The van der Waals surface area contributed by atoms with E-state index in [1.54, 1.807) is 12.1 Å². The Labute approximate surface area is 148 Å². The molecule has 2 aromatic carbocycles. The van der Waals surface area contributed by atoms with Crippen molar-refractivity contribution in [2.75, 3.05) is 6.54 Å². The van der Waals surface area contributed by atoms with Crippen LogP contribution >= 0.6 is 0 Å². The minimum Gasteiger partial charge on any atom is -0.350 e. The highest BCUT2D eigenvalue weighted by atomic mass is 32.2. The topological polar surface area (TPSA) is 51.1 Å². The highest BCUT2D eigenvalue weighted by Crippen LogP contribution is 2.50. The first kappa shape index (κ1) is 16.4. The highest BCUT2D eigenvalue weighted by Gasteiger charge is 2.46. The normalized spacial score (nSPS) is 16.2. The minimum absolute atomic E-state index is 0.0847. The van der Waals surface area contributed by atoms with Crippen LogP contribution in [-0.4, -0.2) is 19.5 Å². The van der Waals surface area contributed by atoms with E-state index < -0.39 is 10.0 Å². The van der Waals surface area contributed by atoms with Crippen LogP contribution in [0.25, 0.3) is 10.9 Å². The van der Waals surface area contributed by atoms with E-state index in [-0.39, 0.29) is 5.41 Å². The molecule has 4 rings (SSSR count). The fourth-order valence-electron chi connectivity index (χ4n) is 3.49. The SMILES string of the molecule is Cc1ccc(S(=O)(=O)NCC2(c3cn(C)c4ccccc34)CC2)cc1. The van der Waals surface area contributed by atoms with E-state index in [1.807, 2.05) is 38.2 Å². The molecule has 1 aliphatic carbocycles. The Morgan fingerprint density at radius 3 is 2.44 bits per heavy atom. The summed E-state index contributed by atoms with van der Waals surface area (Å²) in [4.78, 5) is 0.326. The van der Waals surface area contributed by atoms with Crippen molar-refractivity contribution < 1.29 is 8.42 Å². The predicted octanol–water partition coefficient (Wildman–Crippen LogP) is 3.50. The molecule has 5 heteroatoms. The molecule has 0 aliphatic heterocycles. The molecule has 1 aromatic heterocycles. The maximum atomic E-state index is 12.6. The molecule has 1 N–H and O–H groups in total. The number of benzene rings is 2. The summed E-state index contributed by atoms with van der Waals surface area (Å²) in [7, 11) is -1.44. The Kier molecular flexibility index (Phi) is 3.74. The Hall–Kier alpha value is -2.11. The molecule has 25 heavy (non-hydrogen) atoms. The number of aromatic nitrogens is 1. The Bertz CT molecular complexity index is 1030. The molecule has 0 unspecified atom stereocenters. The number of sulfonamides is 1. The van der Waals surface area contributed by atoms with Gasteiger partial charge in [-0.05, 0) is 43.5 Å². The van der Waals surface area contributed by atoms with Crippen LogP contribution in [-0.2, 0) is 22.5 Å². The number of hydrogen-bond acceptors (Lipinski definition) is 2. The zero-order chi connectivity index (χ0) is 17.7. The lowest BCUT2D eigenvalue weighted by Gasteiger charge is -2.16. The summed E-state index contributed by atoms with van der Waals surface area (Å²) in [6.07, 6.45) is 4.17. The van der Waals surface area contributed by atoms with Gasteiger partial charge in [-0.1, -0.05) is 35.9 Å². The van der Waals surface area contributed by atoms with E-state index in [4.69, 9.17) is 0 Å². The number of rotatable bonds is 5. The van der Waals surface area contributed by atoms with E-state index in [0.29, 0.717) is 11.4 Å². The van der Waals surface area contributed by atoms with Gasteiger partial charge in [0.2, 0.25) is 10.0 Å². The van der Waals surface area contributed by atoms with Crippen LogP contribution in [0.3, 0.4) is 0 Å². The summed E-state index contributed by atoms with van der Waals surface area (Å²) in [6, 6.07) is 15.3. The Morgan fingerprint density at radius 1 is 1.08 bits per heavy atom. The van der Waals surface area contributed by atoms with Crippen molar-refractivity contribution in [2.24, 2.45) is 7.05 Å². The van der Waals surface area contributed by atoms with Crippen LogP contribution in [0.1, 0.15) is 24.0 Å². The molecule has 130 valence electrons. The molecule has 1 aliphatic rings. The van der Waals surface area contributed by atoms with Gasteiger partial charge in [-0.2, -0.15) is 0 Å². The van der Waals surface area contributed by atoms with Crippen molar-refractivity contribution in [3.63, 3.8) is 0 Å². The van der Waals surface area contributed by atoms with Gasteiger partial charge < -0.3 is 4.57 Å². The second-order valence-electron chi connectivity index (χ2n) is 7.09. The predicted molar refractivity (Wildman–Crippen MR) is 100 cm³/mol. The average Bonchev–Trinajstić information content (AvgIpc) is 3.32. The third-order valence-corrected chi connectivity index (χ3v) is 6.67. The smallest absolute Gasteiger partial charge is 0.240 e. The first-order valence-corrected chi connectivity index (χ1v) is 10.0. The van der Waals surface area contributed by atoms with E-state index in [2.05, 4.69) is 27.6 Å². The monoisotopic (exact) mass is 354 g/mol. The molecule has 0 saturated heterocycles. The second-order valence-corrected chi connectivity index (χ2v) is 8.86. The summed E-state index contributed by atoms with van der Waals surface area (Å²) in [5.74, 6) is 0. The summed E-state index contributed by atoms with van der Waals surface area (Å²) in [5, 5.41) is 1.22. The van der Waals surface area contributed by atoms with Gasteiger partial charge in [0.25, 0.3) is 0 Å². The van der Waals surface area contributed by atoms with Crippen molar-refractivity contribution >= 4 is 20.9 Å². The second kappa shape index (κ2) is 5.71. The zero-order valence-corrected chi connectivity index (χ0v) is 15.3. The molecular weight excluding hydrogens is 332 g/mol. The lowest BCUT2D eigenvalue weighted by molar-refractivity contribution is 0.567. The summed E-state index contributed by atoms with van der Waals surface area (Å²) < 4.78 is 30.2. The van der Waals surface area contributed by atoms with Crippen molar-refractivity contribution in [1.82, 2.24) is 9.29 Å². The van der Waals surface area contributed by atoms with E-state index >= 15 is 0 Å². The molecule has 1 fully saturated rings. The van der Waals surface area contributed by atoms with E-state index in [9.17, 15) is 8.42 Å². The summed E-state index contributed by atoms with van der Waals surface area (Å²) in [5.41, 5.74) is 3.40. The molecule has 4 nitrogen and oxygen atoms in total. The first-order chi connectivity index (χ1) is 11.9. The standard InChI is InChI=1S/C20H22N2O2S/c1-15-7-9-16(10-8-15)25(23,24)21-14-20(11-12-20)18-13-22(2)19-6-4-3-5-17(18)19/h3-10,13,21H,11-12,14H2,1-2H3. The lowest BCUT2D eigenvalue weighted by Crippen LogP contribution is -2.32. The van der Waals surface area contributed by atoms with Crippen LogP contribution in [0.2, 0.25) is 0 Å². The number of aryl methyl sites for hydroxylation is 2. The van der Waals surface area contributed by atoms with Crippen molar-refractivity contribution in [2.45, 2.75) is 30.1 Å².